The summed E-state index contributed by atoms with van der Waals surface area (Å²) in [5.41, 5.74) is 10.5. The molecule has 0 radical (unpaired) electrons. The van der Waals surface area contributed by atoms with E-state index in [1.165, 1.54) is 0 Å². The Labute approximate surface area is 274 Å². The molecule has 3 heterocycles. The van der Waals surface area contributed by atoms with Gasteiger partial charge in [0.05, 0.1) is 23.7 Å². The molecule has 0 fully saturated rings. The summed E-state index contributed by atoms with van der Waals surface area (Å²) in [6, 6.07) is 34.9. The number of hydrogen-bond donors (Lipinski definition) is 1. The minimum atomic E-state index is -0.873. The van der Waals surface area contributed by atoms with Crippen molar-refractivity contribution in [2.45, 2.75) is 32.2 Å². The summed E-state index contributed by atoms with van der Waals surface area (Å²) in [6.45, 7) is 4.80. The first-order valence-electron chi connectivity index (χ1n) is 15.3. The second kappa shape index (κ2) is 14.0. The fourth-order valence-corrected chi connectivity index (χ4v) is 5.42. The van der Waals surface area contributed by atoms with Gasteiger partial charge in [0.1, 0.15) is 28.6 Å². The lowest BCUT2D eigenvalue weighted by Gasteiger charge is -2.28. The first kappa shape index (κ1) is 31.0. The number of nitrogens with zero attached hydrogens (tertiary/aromatic N) is 4. The largest absolute Gasteiger partial charge is 0.493 e. The minimum Gasteiger partial charge on any atom is -0.493 e. The van der Waals surface area contributed by atoms with Crippen LogP contribution >= 0.6 is 11.6 Å². The van der Waals surface area contributed by atoms with Crippen LogP contribution in [0.1, 0.15) is 37.5 Å². The van der Waals surface area contributed by atoms with Crippen molar-refractivity contribution in [2.24, 2.45) is 11.7 Å². The topological polar surface area (TPSA) is 88.1 Å². The molecule has 3 aromatic carbocycles. The van der Waals surface area contributed by atoms with Crippen LogP contribution in [-0.2, 0) is 12.0 Å². The fourth-order valence-electron chi connectivity index (χ4n) is 5.30. The lowest BCUT2D eigenvalue weighted by molar-refractivity contribution is 0.271. The van der Waals surface area contributed by atoms with Crippen LogP contribution < -0.4 is 15.2 Å². The molecule has 2 N–H and O–H groups in total. The Hall–Kier alpha value is -4.98. The molecule has 0 bridgehead atoms. The van der Waals surface area contributed by atoms with E-state index < -0.39 is 5.54 Å². The second-order valence-electron chi connectivity index (χ2n) is 11.6. The highest BCUT2D eigenvalue weighted by atomic mass is 35.5. The number of halogens is 1. The third kappa shape index (κ3) is 7.28. The van der Waals surface area contributed by atoms with E-state index in [1.807, 2.05) is 109 Å². The summed E-state index contributed by atoms with van der Waals surface area (Å²) >= 11 is 6.00. The van der Waals surface area contributed by atoms with Crippen molar-refractivity contribution < 1.29 is 9.47 Å². The van der Waals surface area contributed by atoms with Crippen LogP contribution in [0.2, 0.25) is 5.02 Å². The van der Waals surface area contributed by atoms with Gasteiger partial charge in [0.2, 0.25) is 0 Å². The maximum atomic E-state index is 6.92. The zero-order valence-electron chi connectivity index (χ0n) is 25.9. The van der Waals surface area contributed by atoms with Crippen molar-refractivity contribution in [2.75, 3.05) is 6.61 Å². The fraction of sp³-hybridized carbons (Fsp3) is 0.184. The molecule has 0 saturated heterocycles. The van der Waals surface area contributed by atoms with E-state index >= 15 is 0 Å². The van der Waals surface area contributed by atoms with E-state index in [9.17, 15) is 0 Å². The molecular formula is C38H36ClN5O2. The van der Waals surface area contributed by atoms with E-state index in [0.717, 1.165) is 57.8 Å². The Balaban J connectivity index is 1.16. The molecule has 0 unspecified atom stereocenters. The average Bonchev–Trinajstić information content (AvgIpc) is 3.50. The SMILES string of the molecule is CC(C)Cc1nc(-c2ccc(OCCC(N)(c3ccccn3)c3ccccn3)cc2)cn1-c1ccc(Oc2ccc(Cl)cc2)cc1. The third-order valence-electron chi connectivity index (χ3n) is 7.69. The molecule has 0 spiro atoms. The van der Waals surface area contributed by atoms with E-state index in [0.29, 0.717) is 24.0 Å². The van der Waals surface area contributed by atoms with Crippen molar-refractivity contribution in [1.82, 2.24) is 19.5 Å². The van der Waals surface area contributed by atoms with Gasteiger partial charge in [0.15, 0.2) is 0 Å². The molecule has 0 aliphatic heterocycles. The van der Waals surface area contributed by atoms with Crippen molar-refractivity contribution in [3.05, 3.63) is 150 Å². The van der Waals surface area contributed by atoms with Gasteiger partial charge in [-0.15, -0.1) is 0 Å². The standard InChI is InChI=1S/C38H36ClN5O2/c1-27(2)25-37-43-34(26-44(37)30-13-19-33(20-14-30)46-32-17-11-29(39)12-18-32)28-9-15-31(16-10-28)45-24-21-38(40,35-7-3-5-22-41-35)36-8-4-6-23-42-36/h3-20,22-23,26-27H,21,24-25,40H2,1-2H3. The number of benzene rings is 3. The summed E-state index contributed by atoms with van der Waals surface area (Å²) in [5, 5.41) is 0.675. The van der Waals surface area contributed by atoms with Gasteiger partial charge in [0.25, 0.3) is 0 Å². The highest BCUT2D eigenvalue weighted by Crippen LogP contribution is 2.30. The molecule has 0 atom stereocenters. The number of aromatic nitrogens is 4. The van der Waals surface area contributed by atoms with Crippen LogP contribution in [0.5, 0.6) is 17.2 Å². The highest BCUT2D eigenvalue weighted by molar-refractivity contribution is 6.30. The Bertz CT molecular complexity index is 1800. The van der Waals surface area contributed by atoms with E-state index in [2.05, 4.69) is 34.6 Å². The lowest BCUT2D eigenvalue weighted by Crippen LogP contribution is -2.41. The molecule has 0 saturated carbocycles. The number of hydrogen-bond acceptors (Lipinski definition) is 6. The predicted octanol–water partition coefficient (Wildman–Crippen LogP) is 8.64. The van der Waals surface area contributed by atoms with E-state index in [1.54, 1.807) is 12.4 Å². The molecule has 3 aromatic heterocycles. The quantitative estimate of drug-likeness (QED) is 0.146. The van der Waals surface area contributed by atoms with Gasteiger partial charge in [-0.1, -0.05) is 37.6 Å². The number of ether oxygens (including phenoxy) is 2. The Morgan fingerprint density at radius 1 is 0.761 bits per heavy atom. The zero-order chi connectivity index (χ0) is 31.9. The van der Waals surface area contributed by atoms with Crippen LogP contribution in [0.3, 0.4) is 0 Å². The van der Waals surface area contributed by atoms with Crippen molar-refractivity contribution in [1.29, 1.82) is 0 Å². The van der Waals surface area contributed by atoms with Crippen LogP contribution in [0.25, 0.3) is 16.9 Å². The van der Waals surface area contributed by atoms with Gasteiger partial charge in [-0.3, -0.25) is 9.97 Å². The summed E-state index contributed by atoms with van der Waals surface area (Å²) in [5.74, 6) is 3.69. The monoisotopic (exact) mass is 629 g/mol. The minimum absolute atomic E-state index is 0.397. The average molecular weight is 630 g/mol. The second-order valence-corrected chi connectivity index (χ2v) is 12.0. The summed E-state index contributed by atoms with van der Waals surface area (Å²) < 4.78 is 14.3. The van der Waals surface area contributed by atoms with E-state index in [4.69, 9.17) is 31.8 Å². The van der Waals surface area contributed by atoms with Gasteiger partial charge >= 0.3 is 0 Å². The molecular weight excluding hydrogens is 594 g/mol. The normalized spacial score (nSPS) is 11.5. The maximum absolute atomic E-state index is 6.92. The van der Waals surface area contributed by atoms with Gasteiger partial charge < -0.3 is 19.8 Å². The third-order valence-corrected chi connectivity index (χ3v) is 7.95. The molecule has 6 rings (SSSR count). The first-order chi connectivity index (χ1) is 22.4. The van der Waals surface area contributed by atoms with Crippen molar-refractivity contribution in [3.63, 3.8) is 0 Å². The van der Waals surface area contributed by atoms with Crippen molar-refractivity contribution >= 4 is 11.6 Å². The summed E-state index contributed by atoms with van der Waals surface area (Å²) in [6.07, 6.45) is 6.94. The van der Waals surface area contributed by atoms with Crippen LogP contribution in [0.15, 0.2) is 128 Å². The molecule has 0 amide bonds. The van der Waals surface area contributed by atoms with Crippen molar-refractivity contribution in [3.8, 4) is 34.2 Å². The highest BCUT2D eigenvalue weighted by Gasteiger charge is 2.32. The van der Waals surface area contributed by atoms with Crippen LogP contribution in [0, 0.1) is 5.92 Å². The summed E-state index contributed by atoms with van der Waals surface area (Å²) in [4.78, 5) is 14.1. The molecule has 6 aromatic rings. The van der Waals surface area contributed by atoms with Gasteiger partial charge in [-0.05, 0) is 103 Å². The zero-order valence-corrected chi connectivity index (χ0v) is 26.6. The van der Waals surface area contributed by atoms with Gasteiger partial charge in [0, 0.05) is 47.7 Å². The number of pyridine rings is 2. The van der Waals surface area contributed by atoms with Gasteiger partial charge in [-0.25, -0.2) is 4.98 Å². The number of rotatable bonds is 12. The Morgan fingerprint density at radius 3 is 1.91 bits per heavy atom. The lowest BCUT2D eigenvalue weighted by atomic mass is 9.88. The first-order valence-corrected chi connectivity index (χ1v) is 15.7. The molecule has 232 valence electrons. The Morgan fingerprint density at radius 2 is 1.35 bits per heavy atom. The number of nitrogens with two attached hydrogens (primary N) is 1. The predicted molar refractivity (Wildman–Crippen MR) is 183 cm³/mol. The Kier molecular flexibility index (Phi) is 9.43. The summed E-state index contributed by atoms with van der Waals surface area (Å²) in [7, 11) is 0. The maximum Gasteiger partial charge on any atom is 0.127 e. The molecule has 7 nitrogen and oxygen atoms in total. The molecule has 46 heavy (non-hydrogen) atoms. The van der Waals surface area contributed by atoms with Gasteiger partial charge in [-0.2, -0.15) is 0 Å². The smallest absolute Gasteiger partial charge is 0.127 e. The molecule has 0 aliphatic carbocycles. The van der Waals surface area contributed by atoms with E-state index in [-0.39, 0.29) is 0 Å². The van der Waals surface area contributed by atoms with Crippen LogP contribution in [0.4, 0.5) is 0 Å². The van der Waals surface area contributed by atoms with Crippen LogP contribution in [-0.4, -0.2) is 26.1 Å². The molecule has 8 heteroatoms. The number of imidazole rings is 1. The molecule has 0 aliphatic rings.